The van der Waals surface area contributed by atoms with E-state index < -0.39 is 18.0 Å². The number of amides is 2. The van der Waals surface area contributed by atoms with Crippen LogP contribution in [-0.4, -0.2) is 42.3 Å². The number of carbonyl (C=O) groups is 2. The van der Waals surface area contributed by atoms with Crippen LogP contribution in [0.3, 0.4) is 0 Å². The van der Waals surface area contributed by atoms with Gasteiger partial charge in [0.05, 0.1) is 12.1 Å². The molecule has 0 saturated carbocycles. The van der Waals surface area contributed by atoms with Crippen LogP contribution < -0.4 is 15.4 Å². The van der Waals surface area contributed by atoms with Crippen LogP contribution in [0.4, 0.5) is 10.5 Å². The number of nitrogens with one attached hydrogen (secondary N) is 2. The lowest BCUT2D eigenvalue weighted by Crippen LogP contribution is -2.43. The van der Waals surface area contributed by atoms with Gasteiger partial charge >= 0.3 is 12.0 Å². The summed E-state index contributed by atoms with van der Waals surface area (Å²) in [5.41, 5.74) is 0.451. The Kier molecular flexibility index (Phi) is 7.18. The van der Waals surface area contributed by atoms with Crippen molar-refractivity contribution in [1.29, 1.82) is 0 Å². The van der Waals surface area contributed by atoms with Gasteiger partial charge in [0.1, 0.15) is 11.8 Å². The van der Waals surface area contributed by atoms with E-state index >= 15 is 0 Å². The Morgan fingerprint density at radius 2 is 2.19 bits per heavy atom. The summed E-state index contributed by atoms with van der Waals surface area (Å²) in [5.74, 6) is 0.0731. The predicted molar refractivity (Wildman–Crippen MR) is 84.6 cm³/mol. The van der Waals surface area contributed by atoms with Gasteiger partial charge in [0, 0.05) is 5.69 Å². The number of hydrogen-bond acceptors (Lipinski definition) is 4. The summed E-state index contributed by atoms with van der Waals surface area (Å²) < 4.78 is 5.00. The zero-order valence-electron chi connectivity index (χ0n) is 11.7. The number of carboxylic acid groups (broad SMARTS) is 1. The minimum atomic E-state index is -1.06. The summed E-state index contributed by atoms with van der Waals surface area (Å²) in [7, 11) is 1.49. The molecule has 0 aliphatic rings. The summed E-state index contributed by atoms with van der Waals surface area (Å²) in [4.78, 5) is 22.8. The first-order valence-corrected chi connectivity index (χ1v) is 7.88. The summed E-state index contributed by atoms with van der Waals surface area (Å²) in [6, 6.07) is 3.23. The number of rotatable bonds is 7. The number of benzene rings is 1. The van der Waals surface area contributed by atoms with Crippen LogP contribution in [0.2, 0.25) is 5.02 Å². The maximum Gasteiger partial charge on any atom is 0.326 e. The molecule has 6 nitrogen and oxygen atoms in total. The molecule has 8 heteroatoms. The van der Waals surface area contributed by atoms with Crippen molar-refractivity contribution in [3.05, 3.63) is 23.2 Å². The van der Waals surface area contributed by atoms with Gasteiger partial charge in [-0.2, -0.15) is 11.8 Å². The molecule has 1 atom stereocenters. The highest BCUT2D eigenvalue weighted by Gasteiger charge is 2.19. The molecule has 3 N–H and O–H groups in total. The fourth-order valence-electron chi connectivity index (χ4n) is 1.56. The van der Waals surface area contributed by atoms with Gasteiger partial charge in [0.25, 0.3) is 0 Å². The van der Waals surface area contributed by atoms with Crippen LogP contribution in [0, 0.1) is 0 Å². The average molecular weight is 333 g/mol. The van der Waals surface area contributed by atoms with Gasteiger partial charge < -0.3 is 20.5 Å². The van der Waals surface area contributed by atoms with E-state index in [1.165, 1.54) is 24.9 Å². The van der Waals surface area contributed by atoms with E-state index in [9.17, 15) is 9.59 Å². The van der Waals surface area contributed by atoms with E-state index in [2.05, 4.69) is 10.6 Å². The number of carbonyl (C=O) groups excluding carboxylic acids is 1. The monoisotopic (exact) mass is 332 g/mol. The second kappa shape index (κ2) is 8.63. The third kappa shape index (κ3) is 5.73. The Morgan fingerprint density at radius 3 is 2.71 bits per heavy atom. The number of hydrogen-bond donors (Lipinski definition) is 3. The maximum atomic E-state index is 11.8. The highest BCUT2D eigenvalue weighted by Crippen LogP contribution is 2.27. The van der Waals surface area contributed by atoms with Crippen molar-refractivity contribution in [3.8, 4) is 5.75 Å². The first-order chi connectivity index (χ1) is 9.97. The van der Waals surface area contributed by atoms with Gasteiger partial charge in [-0.25, -0.2) is 9.59 Å². The lowest BCUT2D eigenvalue weighted by Gasteiger charge is -2.15. The topological polar surface area (TPSA) is 87.7 Å². The molecule has 1 rings (SSSR count). The molecule has 0 spiro atoms. The molecule has 0 aliphatic carbocycles. The zero-order chi connectivity index (χ0) is 15.8. The van der Waals surface area contributed by atoms with Crippen molar-refractivity contribution >= 4 is 41.1 Å². The lowest BCUT2D eigenvalue weighted by molar-refractivity contribution is -0.139. The van der Waals surface area contributed by atoms with E-state index in [4.69, 9.17) is 21.4 Å². The second-order valence-electron chi connectivity index (χ2n) is 4.12. The van der Waals surface area contributed by atoms with E-state index in [-0.39, 0.29) is 0 Å². The van der Waals surface area contributed by atoms with Crippen LogP contribution in [0.25, 0.3) is 0 Å². The van der Waals surface area contributed by atoms with Gasteiger partial charge in [-0.05, 0) is 36.6 Å². The van der Waals surface area contributed by atoms with E-state index in [1.54, 1.807) is 12.1 Å². The zero-order valence-corrected chi connectivity index (χ0v) is 13.3. The molecular formula is C13H17ClN2O4S. The Morgan fingerprint density at radius 1 is 1.48 bits per heavy atom. The fraction of sp³-hybridized carbons (Fsp3) is 0.385. The standard InChI is InChI=1S/C13H17ClN2O4S/c1-20-11-4-3-8(7-9(11)14)15-13(19)16-10(12(17)18)5-6-21-2/h3-4,7,10H,5-6H2,1-2H3,(H,17,18)(H2,15,16,19)/t10-/m0/s1. The van der Waals surface area contributed by atoms with E-state index in [1.807, 2.05) is 6.26 Å². The van der Waals surface area contributed by atoms with Crippen molar-refractivity contribution in [2.45, 2.75) is 12.5 Å². The lowest BCUT2D eigenvalue weighted by atomic mass is 10.2. The highest BCUT2D eigenvalue weighted by molar-refractivity contribution is 7.98. The number of urea groups is 1. The van der Waals surface area contributed by atoms with Crippen LogP contribution >= 0.6 is 23.4 Å². The van der Waals surface area contributed by atoms with E-state index in [0.29, 0.717) is 28.6 Å². The first-order valence-electron chi connectivity index (χ1n) is 6.10. The van der Waals surface area contributed by atoms with Gasteiger partial charge in [-0.15, -0.1) is 0 Å². The minimum absolute atomic E-state index is 0.354. The van der Waals surface area contributed by atoms with Crippen LogP contribution in [-0.2, 0) is 4.79 Å². The number of methoxy groups -OCH3 is 1. The largest absolute Gasteiger partial charge is 0.495 e. The first kappa shape index (κ1) is 17.5. The summed E-state index contributed by atoms with van der Waals surface area (Å²) in [6.45, 7) is 0. The summed E-state index contributed by atoms with van der Waals surface area (Å²) >= 11 is 7.46. The molecule has 0 radical (unpaired) electrons. The Labute approximate surface area is 132 Å². The van der Waals surface area contributed by atoms with Crippen molar-refractivity contribution in [3.63, 3.8) is 0 Å². The van der Waals surface area contributed by atoms with Crippen LogP contribution in [0.1, 0.15) is 6.42 Å². The van der Waals surface area contributed by atoms with Crippen LogP contribution in [0.15, 0.2) is 18.2 Å². The van der Waals surface area contributed by atoms with E-state index in [0.717, 1.165) is 0 Å². The number of thioether (sulfide) groups is 1. The summed E-state index contributed by atoms with van der Waals surface area (Å²) in [6.07, 6.45) is 2.23. The molecule has 21 heavy (non-hydrogen) atoms. The Bertz CT molecular complexity index is 513. The SMILES string of the molecule is COc1ccc(NC(=O)N[C@@H](CCSC)C(=O)O)cc1Cl. The number of halogens is 1. The Hall–Kier alpha value is -1.60. The molecule has 116 valence electrons. The van der Waals surface area contributed by atoms with Crippen molar-refractivity contribution in [2.75, 3.05) is 24.4 Å². The third-order valence-electron chi connectivity index (χ3n) is 2.62. The fourth-order valence-corrected chi connectivity index (χ4v) is 2.29. The Balaban J connectivity index is 2.63. The van der Waals surface area contributed by atoms with Crippen molar-refractivity contribution < 1.29 is 19.4 Å². The molecule has 0 bridgehead atoms. The van der Waals surface area contributed by atoms with Gasteiger partial charge in [-0.3, -0.25) is 0 Å². The molecule has 0 aromatic heterocycles. The molecule has 1 aromatic rings. The maximum absolute atomic E-state index is 11.8. The van der Waals surface area contributed by atoms with Gasteiger partial charge in [0.15, 0.2) is 0 Å². The minimum Gasteiger partial charge on any atom is -0.495 e. The number of carboxylic acids is 1. The average Bonchev–Trinajstić information content (AvgIpc) is 2.43. The predicted octanol–water partition coefficient (Wildman–Crippen LogP) is 2.68. The highest BCUT2D eigenvalue weighted by atomic mass is 35.5. The van der Waals surface area contributed by atoms with Crippen molar-refractivity contribution in [2.24, 2.45) is 0 Å². The third-order valence-corrected chi connectivity index (χ3v) is 3.56. The molecule has 0 unspecified atom stereocenters. The normalized spacial score (nSPS) is 11.6. The number of anilines is 1. The second-order valence-corrected chi connectivity index (χ2v) is 5.51. The van der Waals surface area contributed by atoms with Gasteiger partial charge in [0.2, 0.25) is 0 Å². The van der Waals surface area contributed by atoms with Crippen molar-refractivity contribution in [1.82, 2.24) is 5.32 Å². The molecule has 0 heterocycles. The molecule has 0 fully saturated rings. The number of ether oxygens (including phenoxy) is 1. The molecule has 1 aromatic carbocycles. The van der Waals surface area contributed by atoms with Crippen LogP contribution in [0.5, 0.6) is 5.75 Å². The molecule has 0 aliphatic heterocycles. The smallest absolute Gasteiger partial charge is 0.326 e. The summed E-state index contributed by atoms with van der Waals surface area (Å²) in [5, 5.41) is 14.3. The van der Waals surface area contributed by atoms with Gasteiger partial charge in [-0.1, -0.05) is 11.6 Å². The molecular weight excluding hydrogens is 316 g/mol. The quantitative estimate of drug-likeness (QED) is 0.714. The molecule has 2 amide bonds. The number of aliphatic carboxylic acids is 1. The molecule has 0 saturated heterocycles.